The summed E-state index contributed by atoms with van der Waals surface area (Å²) < 4.78 is 13.6. The molecule has 1 aliphatic carbocycles. The van der Waals surface area contributed by atoms with Gasteiger partial charge in [0.05, 0.1) is 11.1 Å². The number of halogens is 1. The van der Waals surface area contributed by atoms with E-state index in [-0.39, 0.29) is 5.91 Å². The summed E-state index contributed by atoms with van der Waals surface area (Å²) in [7, 11) is 1.76. The van der Waals surface area contributed by atoms with Crippen LogP contribution in [0.5, 0.6) is 0 Å². The van der Waals surface area contributed by atoms with Gasteiger partial charge in [-0.25, -0.2) is 4.39 Å². The number of rotatable bonds is 3. The predicted octanol–water partition coefficient (Wildman–Crippen LogP) is 2.86. The van der Waals surface area contributed by atoms with E-state index in [4.69, 9.17) is 0 Å². The Bertz CT molecular complexity index is 637. The molecule has 0 aliphatic heterocycles. The first-order chi connectivity index (χ1) is 9.15. The lowest BCUT2D eigenvalue weighted by atomic mass is 10.1. The SMILES string of the molecule is CN(CC1CC1)C(=O)c1cc(F)cc2cccnc12. The van der Waals surface area contributed by atoms with Gasteiger partial charge in [-0.3, -0.25) is 9.78 Å². The van der Waals surface area contributed by atoms with Crippen molar-refractivity contribution < 1.29 is 9.18 Å². The molecule has 3 nitrogen and oxygen atoms in total. The van der Waals surface area contributed by atoms with Gasteiger partial charge in [0.1, 0.15) is 5.82 Å². The second-order valence-corrected chi connectivity index (χ2v) is 5.16. The summed E-state index contributed by atoms with van der Waals surface area (Å²) in [5.41, 5.74) is 0.912. The molecule has 1 fully saturated rings. The van der Waals surface area contributed by atoms with Gasteiger partial charge in [-0.05, 0) is 37.0 Å². The van der Waals surface area contributed by atoms with Crippen LogP contribution < -0.4 is 0 Å². The first-order valence-electron chi connectivity index (χ1n) is 6.45. The highest BCUT2D eigenvalue weighted by molar-refractivity contribution is 6.05. The molecule has 1 aliphatic rings. The van der Waals surface area contributed by atoms with Crippen LogP contribution in [-0.4, -0.2) is 29.4 Å². The molecule has 19 heavy (non-hydrogen) atoms. The van der Waals surface area contributed by atoms with E-state index >= 15 is 0 Å². The number of carbonyl (C=O) groups excluding carboxylic acids is 1. The molecule has 1 heterocycles. The van der Waals surface area contributed by atoms with Gasteiger partial charge in [-0.2, -0.15) is 0 Å². The number of aromatic nitrogens is 1. The summed E-state index contributed by atoms with van der Waals surface area (Å²) in [4.78, 5) is 18.3. The maximum Gasteiger partial charge on any atom is 0.255 e. The minimum Gasteiger partial charge on any atom is -0.341 e. The Morgan fingerprint density at radius 1 is 1.47 bits per heavy atom. The monoisotopic (exact) mass is 258 g/mol. The molecule has 4 heteroatoms. The van der Waals surface area contributed by atoms with Gasteiger partial charge in [0, 0.05) is 25.2 Å². The lowest BCUT2D eigenvalue weighted by Crippen LogP contribution is -2.29. The standard InChI is InChI=1S/C15H15FN2O/c1-18(9-10-4-5-10)15(19)13-8-12(16)7-11-3-2-6-17-14(11)13/h2-3,6-8,10H,4-5,9H2,1H3. The van der Waals surface area contributed by atoms with E-state index in [2.05, 4.69) is 4.98 Å². The summed E-state index contributed by atoms with van der Waals surface area (Å²) >= 11 is 0. The van der Waals surface area contributed by atoms with Crippen LogP contribution in [0.25, 0.3) is 10.9 Å². The third kappa shape index (κ3) is 2.43. The highest BCUT2D eigenvalue weighted by atomic mass is 19.1. The zero-order chi connectivity index (χ0) is 13.4. The van der Waals surface area contributed by atoms with Crippen molar-refractivity contribution in [3.8, 4) is 0 Å². The van der Waals surface area contributed by atoms with Crippen molar-refractivity contribution in [3.05, 3.63) is 41.8 Å². The molecular weight excluding hydrogens is 243 g/mol. The van der Waals surface area contributed by atoms with Crippen LogP contribution in [0.1, 0.15) is 23.2 Å². The Hall–Kier alpha value is -1.97. The summed E-state index contributed by atoms with van der Waals surface area (Å²) in [6.45, 7) is 0.740. The average Bonchev–Trinajstić information content (AvgIpc) is 3.20. The van der Waals surface area contributed by atoms with E-state index in [0.29, 0.717) is 22.4 Å². The molecule has 3 rings (SSSR count). The van der Waals surface area contributed by atoms with Crippen LogP contribution in [0.15, 0.2) is 30.5 Å². The maximum absolute atomic E-state index is 13.6. The number of pyridine rings is 1. The lowest BCUT2D eigenvalue weighted by molar-refractivity contribution is 0.0790. The number of fused-ring (bicyclic) bond motifs is 1. The van der Waals surface area contributed by atoms with Gasteiger partial charge < -0.3 is 4.90 Å². The quantitative estimate of drug-likeness (QED) is 0.848. The van der Waals surface area contributed by atoms with Gasteiger partial charge in [0.25, 0.3) is 5.91 Å². The van der Waals surface area contributed by atoms with Crippen molar-refractivity contribution in [2.75, 3.05) is 13.6 Å². The largest absolute Gasteiger partial charge is 0.341 e. The van der Waals surface area contributed by atoms with Crippen LogP contribution >= 0.6 is 0 Å². The summed E-state index contributed by atoms with van der Waals surface area (Å²) in [6.07, 6.45) is 3.98. The summed E-state index contributed by atoms with van der Waals surface area (Å²) in [5, 5.41) is 0.658. The first-order valence-corrected chi connectivity index (χ1v) is 6.45. The lowest BCUT2D eigenvalue weighted by Gasteiger charge is -2.17. The molecule has 2 aromatic rings. The smallest absolute Gasteiger partial charge is 0.255 e. The van der Waals surface area contributed by atoms with Crippen molar-refractivity contribution in [2.45, 2.75) is 12.8 Å². The van der Waals surface area contributed by atoms with Crippen molar-refractivity contribution in [3.63, 3.8) is 0 Å². The fourth-order valence-corrected chi connectivity index (χ4v) is 2.30. The molecule has 1 amide bonds. The van der Waals surface area contributed by atoms with Crippen LogP contribution in [0, 0.1) is 11.7 Å². The van der Waals surface area contributed by atoms with Gasteiger partial charge >= 0.3 is 0 Å². The molecule has 1 aromatic heterocycles. The van der Waals surface area contributed by atoms with Gasteiger partial charge in [0.2, 0.25) is 0 Å². The number of hydrogen-bond acceptors (Lipinski definition) is 2. The minimum atomic E-state index is -0.399. The van der Waals surface area contributed by atoms with Crippen molar-refractivity contribution in [1.29, 1.82) is 0 Å². The Morgan fingerprint density at radius 2 is 2.26 bits per heavy atom. The number of hydrogen-bond donors (Lipinski definition) is 0. The molecule has 1 saturated carbocycles. The average molecular weight is 258 g/mol. The van der Waals surface area contributed by atoms with Crippen LogP contribution in [0.3, 0.4) is 0 Å². The van der Waals surface area contributed by atoms with Crippen molar-refractivity contribution in [2.24, 2.45) is 5.92 Å². The fraction of sp³-hybridized carbons (Fsp3) is 0.333. The molecular formula is C15H15FN2O. The van der Waals surface area contributed by atoms with Gasteiger partial charge in [0.15, 0.2) is 0 Å². The molecule has 0 unspecified atom stereocenters. The highest BCUT2D eigenvalue weighted by Gasteiger charge is 2.26. The normalized spacial score (nSPS) is 14.6. The summed E-state index contributed by atoms with van der Waals surface area (Å²) in [6, 6.07) is 6.19. The third-order valence-electron chi connectivity index (χ3n) is 3.48. The van der Waals surface area contributed by atoms with E-state index in [9.17, 15) is 9.18 Å². The maximum atomic E-state index is 13.6. The number of nitrogens with zero attached hydrogens (tertiary/aromatic N) is 2. The Labute approximate surface area is 111 Å². The number of amides is 1. The molecule has 0 N–H and O–H groups in total. The molecule has 98 valence electrons. The van der Waals surface area contributed by atoms with E-state index in [0.717, 1.165) is 6.54 Å². The fourth-order valence-electron chi connectivity index (χ4n) is 2.30. The van der Waals surface area contributed by atoms with Crippen molar-refractivity contribution in [1.82, 2.24) is 9.88 Å². The Morgan fingerprint density at radius 3 is 3.00 bits per heavy atom. The predicted molar refractivity (Wildman–Crippen MR) is 71.4 cm³/mol. The highest BCUT2D eigenvalue weighted by Crippen LogP contribution is 2.30. The van der Waals surface area contributed by atoms with E-state index in [1.807, 2.05) is 0 Å². The first kappa shape index (κ1) is 12.1. The van der Waals surface area contributed by atoms with Crippen LogP contribution in [0.2, 0.25) is 0 Å². The van der Waals surface area contributed by atoms with E-state index in [1.54, 1.807) is 30.3 Å². The minimum absolute atomic E-state index is 0.157. The molecule has 0 bridgehead atoms. The van der Waals surface area contributed by atoms with Crippen LogP contribution in [-0.2, 0) is 0 Å². The molecule has 0 spiro atoms. The number of carbonyl (C=O) groups is 1. The van der Waals surface area contributed by atoms with E-state index < -0.39 is 5.82 Å². The topological polar surface area (TPSA) is 33.2 Å². The van der Waals surface area contributed by atoms with Crippen LogP contribution in [0.4, 0.5) is 4.39 Å². The second-order valence-electron chi connectivity index (χ2n) is 5.16. The zero-order valence-electron chi connectivity index (χ0n) is 10.8. The van der Waals surface area contributed by atoms with Gasteiger partial charge in [-0.1, -0.05) is 6.07 Å². The molecule has 1 aromatic carbocycles. The molecule has 0 atom stereocenters. The zero-order valence-corrected chi connectivity index (χ0v) is 10.8. The Balaban J connectivity index is 2.00. The van der Waals surface area contributed by atoms with Crippen molar-refractivity contribution >= 4 is 16.8 Å². The second kappa shape index (κ2) is 4.61. The summed E-state index contributed by atoms with van der Waals surface area (Å²) in [5.74, 6) is 0.0560. The van der Waals surface area contributed by atoms with Gasteiger partial charge in [-0.15, -0.1) is 0 Å². The Kier molecular flexibility index (Phi) is 2.93. The van der Waals surface area contributed by atoms with E-state index in [1.165, 1.54) is 25.0 Å². The molecule has 0 radical (unpaired) electrons. The number of benzene rings is 1. The third-order valence-corrected chi connectivity index (χ3v) is 3.48. The molecule has 0 saturated heterocycles.